The summed E-state index contributed by atoms with van der Waals surface area (Å²) in [5, 5.41) is 0.166. The van der Waals surface area contributed by atoms with E-state index in [0.717, 1.165) is 6.07 Å². The van der Waals surface area contributed by atoms with Crippen LogP contribution in [0, 0.1) is 11.6 Å². The predicted molar refractivity (Wildman–Crippen MR) is 66.8 cm³/mol. The molecule has 0 aliphatic carbocycles. The summed E-state index contributed by atoms with van der Waals surface area (Å²) in [6.07, 6.45) is 0. The van der Waals surface area contributed by atoms with Crippen LogP contribution < -0.4 is 0 Å². The fraction of sp³-hybridized carbons (Fsp3) is 0. The maximum atomic E-state index is 13.8. The van der Waals surface area contributed by atoms with E-state index in [1.165, 1.54) is 18.2 Å². The Kier molecular flexibility index (Phi) is 3.57. The van der Waals surface area contributed by atoms with E-state index in [9.17, 15) is 8.78 Å². The fourth-order valence-corrected chi connectivity index (χ4v) is 1.99. The van der Waals surface area contributed by atoms with Gasteiger partial charge in [0, 0.05) is 21.2 Å². The molecule has 2 aromatic carbocycles. The second kappa shape index (κ2) is 4.81. The SMILES string of the molecule is Fc1ccc(-c2cc(Cl)ccc2Cl)c(F)c1Cl. The molecule has 2 rings (SSSR count). The molecule has 0 atom stereocenters. The maximum absolute atomic E-state index is 13.8. The summed E-state index contributed by atoms with van der Waals surface area (Å²) >= 11 is 17.2. The molecule has 5 heteroatoms. The van der Waals surface area contributed by atoms with Crippen LogP contribution in [0.5, 0.6) is 0 Å². The molecular weight excluding hydrogens is 288 g/mol. The minimum Gasteiger partial charge on any atom is -0.205 e. The third-order valence-electron chi connectivity index (χ3n) is 2.25. The van der Waals surface area contributed by atoms with Crippen LogP contribution in [0.3, 0.4) is 0 Å². The monoisotopic (exact) mass is 292 g/mol. The smallest absolute Gasteiger partial charge is 0.152 e. The molecule has 0 aliphatic heterocycles. The quantitative estimate of drug-likeness (QED) is 0.601. The zero-order valence-electron chi connectivity index (χ0n) is 8.28. The Morgan fingerprint density at radius 1 is 0.824 bits per heavy atom. The molecule has 2 aromatic rings. The van der Waals surface area contributed by atoms with Gasteiger partial charge in [0.05, 0.1) is 0 Å². The van der Waals surface area contributed by atoms with Gasteiger partial charge in [-0.15, -0.1) is 0 Å². The van der Waals surface area contributed by atoms with Gasteiger partial charge in [0.1, 0.15) is 10.8 Å². The summed E-state index contributed by atoms with van der Waals surface area (Å²) in [5.74, 6) is -1.66. The fourth-order valence-electron chi connectivity index (χ4n) is 1.44. The van der Waals surface area contributed by atoms with Crippen LogP contribution in [0.2, 0.25) is 15.1 Å². The van der Waals surface area contributed by atoms with Crippen molar-refractivity contribution in [3.63, 3.8) is 0 Å². The van der Waals surface area contributed by atoms with Gasteiger partial charge in [0.2, 0.25) is 0 Å². The lowest BCUT2D eigenvalue weighted by molar-refractivity contribution is 0.586. The Morgan fingerprint density at radius 3 is 2.24 bits per heavy atom. The first kappa shape index (κ1) is 12.6. The molecule has 0 fully saturated rings. The minimum atomic E-state index is -0.851. The highest BCUT2D eigenvalue weighted by Crippen LogP contribution is 2.35. The number of benzene rings is 2. The van der Waals surface area contributed by atoms with Gasteiger partial charge in [-0.1, -0.05) is 34.8 Å². The normalized spacial score (nSPS) is 10.6. The molecule has 88 valence electrons. The van der Waals surface area contributed by atoms with E-state index < -0.39 is 16.7 Å². The van der Waals surface area contributed by atoms with E-state index in [4.69, 9.17) is 34.8 Å². The third-order valence-corrected chi connectivity index (χ3v) is 3.16. The van der Waals surface area contributed by atoms with E-state index in [1.807, 2.05) is 0 Å². The van der Waals surface area contributed by atoms with E-state index >= 15 is 0 Å². The minimum absolute atomic E-state index is 0.115. The standard InChI is InChI=1S/C12H5Cl3F2/c13-6-1-3-9(14)8(5-6)7-2-4-10(16)11(15)12(7)17/h1-5H. The van der Waals surface area contributed by atoms with Crippen molar-refractivity contribution in [2.45, 2.75) is 0 Å². The molecule has 0 aliphatic rings. The highest BCUT2D eigenvalue weighted by molar-refractivity contribution is 6.35. The van der Waals surface area contributed by atoms with Crippen LogP contribution in [0.1, 0.15) is 0 Å². The van der Waals surface area contributed by atoms with Crippen LogP contribution in [0.4, 0.5) is 8.78 Å². The molecule has 0 unspecified atom stereocenters. The van der Waals surface area contributed by atoms with Crippen molar-refractivity contribution >= 4 is 34.8 Å². The molecule has 0 saturated carbocycles. The second-order valence-corrected chi connectivity index (χ2v) is 4.57. The Bertz CT molecular complexity index is 582. The molecule has 0 radical (unpaired) electrons. The average Bonchev–Trinajstić information content (AvgIpc) is 2.30. The molecule has 0 aromatic heterocycles. The summed E-state index contributed by atoms with van der Waals surface area (Å²) in [6.45, 7) is 0. The average molecular weight is 294 g/mol. The van der Waals surface area contributed by atoms with Gasteiger partial charge in [-0.2, -0.15) is 0 Å². The molecule has 0 saturated heterocycles. The number of rotatable bonds is 1. The van der Waals surface area contributed by atoms with Gasteiger partial charge >= 0.3 is 0 Å². The number of hydrogen-bond acceptors (Lipinski definition) is 0. The summed E-state index contributed by atoms with van der Waals surface area (Å²) < 4.78 is 26.8. The van der Waals surface area contributed by atoms with Crippen LogP contribution in [-0.4, -0.2) is 0 Å². The predicted octanol–water partition coefficient (Wildman–Crippen LogP) is 5.59. The summed E-state index contributed by atoms with van der Waals surface area (Å²) in [4.78, 5) is 0. The van der Waals surface area contributed by atoms with Gasteiger partial charge in [0.15, 0.2) is 5.82 Å². The van der Waals surface area contributed by atoms with Gasteiger partial charge in [0.25, 0.3) is 0 Å². The van der Waals surface area contributed by atoms with Crippen LogP contribution >= 0.6 is 34.8 Å². The van der Waals surface area contributed by atoms with E-state index in [-0.39, 0.29) is 5.56 Å². The molecule has 0 nitrogen and oxygen atoms in total. The van der Waals surface area contributed by atoms with Crippen molar-refractivity contribution in [1.82, 2.24) is 0 Å². The van der Waals surface area contributed by atoms with Gasteiger partial charge < -0.3 is 0 Å². The van der Waals surface area contributed by atoms with Crippen molar-refractivity contribution in [2.75, 3.05) is 0 Å². The third kappa shape index (κ3) is 2.39. The molecule has 0 spiro atoms. The van der Waals surface area contributed by atoms with Crippen molar-refractivity contribution in [2.24, 2.45) is 0 Å². The van der Waals surface area contributed by atoms with E-state index in [0.29, 0.717) is 15.6 Å². The van der Waals surface area contributed by atoms with Crippen molar-refractivity contribution < 1.29 is 8.78 Å². The second-order valence-electron chi connectivity index (χ2n) is 3.35. The van der Waals surface area contributed by atoms with E-state index in [1.54, 1.807) is 6.07 Å². The summed E-state index contributed by atoms with van der Waals surface area (Å²) in [7, 11) is 0. The first-order chi connectivity index (χ1) is 8.00. The van der Waals surface area contributed by atoms with E-state index in [2.05, 4.69) is 0 Å². The lowest BCUT2D eigenvalue weighted by Gasteiger charge is -2.08. The molecule has 0 bridgehead atoms. The van der Waals surface area contributed by atoms with Gasteiger partial charge in [-0.3, -0.25) is 0 Å². The summed E-state index contributed by atoms with van der Waals surface area (Å²) in [6, 6.07) is 6.97. The first-order valence-electron chi connectivity index (χ1n) is 4.59. The molecule has 17 heavy (non-hydrogen) atoms. The van der Waals surface area contributed by atoms with Crippen molar-refractivity contribution in [3.05, 3.63) is 57.0 Å². The lowest BCUT2D eigenvalue weighted by atomic mass is 10.1. The van der Waals surface area contributed by atoms with Crippen LogP contribution in [0.25, 0.3) is 11.1 Å². The lowest BCUT2D eigenvalue weighted by Crippen LogP contribution is -1.90. The van der Waals surface area contributed by atoms with Crippen LogP contribution in [0.15, 0.2) is 30.3 Å². The largest absolute Gasteiger partial charge is 0.205 e. The Balaban J connectivity index is 2.69. The Hall–Kier alpha value is -0.830. The van der Waals surface area contributed by atoms with Gasteiger partial charge in [-0.05, 0) is 30.3 Å². The molecule has 0 N–H and O–H groups in total. The highest BCUT2D eigenvalue weighted by atomic mass is 35.5. The molecule has 0 amide bonds. The first-order valence-corrected chi connectivity index (χ1v) is 5.73. The summed E-state index contributed by atoms with van der Waals surface area (Å²) in [5.41, 5.74) is 0.488. The zero-order chi connectivity index (χ0) is 12.6. The number of hydrogen-bond donors (Lipinski definition) is 0. The zero-order valence-corrected chi connectivity index (χ0v) is 10.5. The Morgan fingerprint density at radius 2 is 1.53 bits per heavy atom. The van der Waals surface area contributed by atoms with Crippen molar-refractivity contribution in [1.29, 1.82) is 0 Å². The van der Waals surface area contributed by atoms with Crippen LogP contribution in [-0.2, 0) is 0 Å². The number of halogens is 5. The van der Waals surface area contributed by atoms with Crippen molar-refractivity contribution in [3.8, 4) is 11.1 Å². The Labute approximate surface area is 112 Å². The topological polar surface area (TPSA) is 0 Å². The van der Waals surface area contributed by atoms with Gasteiger partial charge in [-0.25, -0.2) is 8.78 Å². The maximum Gasteiger partial charge on any atom is 0.152 e. The highest BCUT2D eigenvalue weighted by Gasteiger charge is 2.15. The molecular formula is C12H5Cl3F2. The molecule has 0 heterocycles.